The van der Waals surface area contributed by atoms with Gasteiger partial charge in [-0.2, -0.15) is 0 Å². The lowest BCUT2D eigenvalue weighted by atomic mass is 9.85. The molecule has 2 aliphatic rings. The van der Waals surface area contributed by atoms with Crippen LogP contribution in [0.5, 0.6) is 0 Å². The number of carbonyl (C=O) groups is 2. The van der Waals surface area contributed by atoms with Crippen LogP contribution < -0.4 is 0 Å². The van der Waals surface area contributed by atoms with Gasteiger partial charge in [-0.25, -0.2) is 0 Å². The Hall–Kier alpha value is -1.12. The standard InChI is InChI=1S/C6H4O3/c7-5-3-1-2-4(3)6(8)9-5/h1-4H/t3-,4?/m1/s1. The van der Waals surface area contributed by atoms with E-state index in [1.807, 2.05) is 0 Å². The van der Waals surface area contributed by atoms with Gasteiger partial charge < -0.3 is 4.74 Å². The van der Waals surface area contributed by atoms with Crippen molar-refractivity contribution in [1.82, 2.24) is 0 Å². The lowest BCUT2D eigenvalue weighted by molar-refractivity contribution is -0.153. The fourth-order valence-electron chi connectivity index (χ4n) is 1.02. The Bertz CT molecular complexity index is 194. The molecule has 0 bridgehead atoms. The lowest BCUT2D eigenvalue weighted by Crippen LogP contribution is -2.20. The summed E-state index contributed by atoms with van der Waals surface area (Å²) in [6.45, 7) is 0. The molecule has 0 aromatic heterocycles. The molecule has 3 heteroatoms. The molecule has 1 unspecified atom stereocenters. The van der Waals surface area contributed by atoms with Crippen LogP contribution in [-0.4, -0.2) is 11.9 Å². The van der Waals surface area contributed by atoms with Gasteiger partial charge in [-0.1, -0.05) is 12.2 Å². The van der Waals surface area contributed by atoms with Gasteiger partial charge in [0.2, 0.25) is 0 Å². The summed E-state index contributed by atoms with van der Waals surface area (Å²) in [4.78, 5) is 21.1. The second-order valence-electron chi connectivity index (χ2n) is 2.18. The van der Waals surface area contributed by atoms with E-state index in [1.54, 1.807) is 12.2 Å². The molecule has 46 valence electrons. The average Bonchev–Trinajstić information content (AvgIpc) is 1.73. The average molecular weight is 124 g/mol. The van der Waals surface area contributed by atoms with Gasteiger partial charge in [0.05, 0.1) is 11.8 Å². The Morgan fingerprint density at radius 2 is 1.56 bits per heavy atom. The highest BCUT2D eigenvalue weighted by atomic mass is 16.6. The van der Waals surface area contributed by atoms with E-state index in [4.69, 9.17) is 0 Å². The fourth-order valence-corrected chi connectivity index (χ4v) is 1.02. The maximum atomic E-state index is 10.6. The summed E-state index contributed by atoms with van der Waals surface area (Å²) < 4.78 is 4.31. The highest BCUT2D eigenvalue weighted by molar-refractivity contribution is 6.00. The molecule has 1 aliphatic carbocycles. The van der Waals surface area contributed by atoms with Crippen molar-refractivity contribution >= 4 is 11.9 Å². The SMILES string of the molecule is O=C1OC(=O)[C@@H]2C=CC12. The summed E-state index contributed by atoms with van der Waals surface area (Å²) in [6, 6.07) is 0. The van der Waals surface area contributed by atoms with Crippen molar-refractivity contribution in [1.29, 1.82) is 0 Å². The van der Waals surface area contributed by atoms with E-state index in [2.05, 4.69) is 4.74 Å². The van der Waals surface area contributed by atoms with Gasteiger partial charge in [0.1, 0.15) is 0 Å². The third-order valence-corrected chi connectivity index (χ3v) is 1.66. The Balaban J connectivity index is 2.37. The van der Waals surface area contributed by atoms with E-state index in [9.17, 15) is 9.59 Å². The van der Waals surface area contributed by atoms with Crippen LogP contribution in [0.25, 0.3) is 0 Å². The molecule has 1 aliphatic heterocycles. The molecule has 0 spiro atoms. The van der Waals surface area contributed by atoms with E-state index >= 15 is 0 Å². The Morgan fingerprint density at radius 1 is 1.11 bits per heavy atom. The minimum absolute atomic E-state index is 0.252. The van der Waals surface area contributed by atoms with Crippen LogP contribution in [0.4, 0.5) is 0 Å². The van der Waals surface area contributed by atoms with Crippen LogP contribution >= 0.6 is 0 Å². The number of ether oxygens (including phenoxy) is 1. The normalized spacial score (nSPS) is 37.8. The van der Waals surface area contributed by atoms with Gasteiger partial charge in [0.15, 0.2) is 0 Å². The third kappa shape index (κ3) is 0.415. The molecule has 9 heavy (non-hydrogen) atoms. The highest BCUT2D eigenvalue weighted by Crippen LogP contribution is 2.33. The van der Waals surface area contributed by atoms with Gasteiger partial charge in [0, 0.05) is 0 Å². The minimum Gasteiger partial charge on any atom is -0.392 e. The van der Waals surface area contributed by atoms with E-state index in [-0.39, 0.29) is 11.8 Å². The van der Waals surface area contributed by atoms with Crippen LogP contribution in [0, 0.1) is 11.8 Å². The van der Waals surface area contributed by atoms with Crippen molar-refractivity contribution < 1.29 is 14.3 Å². The topological polar surface area (TPSA) is 43.4 Å². The summed E-state index contributed by atoms with van der Waals surface area (Å²) in [5.41, 5.74) is 0. The van der Waals surface area contributed by atoms with Crippen LogP contribution in [0.1, 0.15) is 0 Å². The summed E-state index contributed by atoms with van der Waals surface area (Å²) in [5, 5.41) is 0. The zero-order chi connectivity index (χ0) is 6.43. The molecule has 0 aromatic carbocycles. The molecule has 0 aromatic rings. The molecule has 1 saturated heterocycles. The largest absolute Gasteiger partial charge is 0.392 e. The first kappa shape index (κ1) is 4.73. The predicted molar refractivity (Wildman–Crippen MR) is 27.2 cm³/mol. The smallest absolute Gasteiger partial charge is 0.321 e. The molecular weight excluding hydrogens is 120 g/mol. The summed E-state index contributed by atoms with van der Waals surface area (Å²) in [6.07, 6.45) is 3.38. The molecule has 3 nitrogen and oxygen atoms in total. The van der Waals surface area contributed by atoms with Crippen molar-refractivity contribution in [2.24, 2.45) is 11.8 Å². The second kappa shape index (κ2) is 1.23. The zero-order valence-electron chi connectivity index (χ0n) is 4.53. The quantitative estimate of drug-likeness (QED) is 0.257. The molecular formula is C6H4O3. The van der Waals surface area contributed by atoms with Crippen LogP contribution in [-0.2, 0) is 14.3 Å². The Labute approximate surface area is 51.3 Å². The van der Waals surface area contributed by atoms with Crippen LogP contribution in [0.15, 0.2) is 12.2 Å². The van der Waals surface area contributed by atoms with Gasteiger partial charge >= 0.3 is 11.9 Å². The molecule has 2 rings (SSSR count). The molecule has 0 N–H and O–H groups in total. The summed E-state index contributed by atoms with van der Waals surface area (Å²) >= 11 is 0. The molecule has 1 fully saturated rings. The van der Waals surface area contributed by atoms with E-state index in [1.165, 1.54) is 0 Å². The third-order valence-electron chi connectivity index (χ3n) is 1.66. The number of fused-ring (bicyclic) bond motifs is 1. The van der Waals surface area contributed by atoms with Crippen molar-refractivity contribution in [3.63, 3.8) is 0 Å². The number of carbonyl (C=O) groups excluding carboxylic acids is 2. The van der Waals surface area contributed by atoms with Crippen molar-refractivity contribution in [3.05, 3.63) is 12.2 Å². The number of hydrogen-bond donors (Lipinski definition) is 0. The monoisotopic (exact) mass is 124 g/mol. The minimum atomic E-state index is -0.396. The number of hydrogen-bond acceptors (Lipinski definition) is 3. The van der Waals surface area contributed by atoms with E-state index in [0.717, 1.165) is 0 Å². The first-order valence-electron chi connectivity index (χ1n) is 2.73. The zero-order valence-corrected chi connectivity index (χ0v) is 4.53. The molecule has 2 atom stereocenters. The van der Waals surface area contributed by atoms with Gasteiger partial charge in [-0.05, 0) is 0 Å². The maximum Gasteiger partial charge on any atom is 0.321 e. The Kier molecular flexibility index (Phi) is 0.649. The van der Waals surface area contributed by atoms with Crippen LogP contribution in [0.2, 0.25) is 0 Å². The predicted octanol–water partition coefficient (Wildman–Crippen LogP) is -0.128. The van der Waals surface area contributed by atoms with Crippen LogP contribution in [0.3, 0.4) is 0 Å². The summed E-state index contributed by atoms with van der Waals surface area (Å²) in [5.74, 6) is -1.30. The molecule has 0 saturated carbocycles. The first-order valence-corrected chi connectivity index (χ1v) is 2.73. The van der Waals surface area contributed by atoms with Gasteiger partial charge in [-0.3, -0.25) is 9.59 Å². The first-order chi connectivity index (χ1) is 4.29. The maximum absolute atomic E-state index is 10.6. The molecule has 0 amide bonds. The molecule has 0 radical (unpaired) electrons. The van der Waals surface area contributed by atoms with Gasteiger partial charge in [-0.15, -0.1) is 0 Å². The van der Waals surface area contributed by atoms with E-state index in [0.29, 0.717) is 0 Å². The Morgan fingerprint density at radius 3 is 1.78 bits per heavy atom. The van der Waals surface area contributed by atoms with Crippen molar-refractivity contribution in [2.45, 2.75) is 0 Å². The number of cyclic esters (lactones) is 2. The number of esters is 2. The highest BCUT2D eigenvalue weighted by Gasteiger charge is 2.45. The fraction of sp³-hybridized carbons (Fsp3) is 0.333. The van der Waals surface area contributed by atoms with Crippen molar-refractivity contribution in [2.75, 3.05) is 0 Å². The second-order valence-corrected chi connectivity index (χ2v) is 2.18. The lowest BCUT2D eigenvalue weighted by Gasteiger charge is -2.12. The summed E-state index contributed by atoms with van der Waals surface area (Å²) in [7, 11) is 0. The number of rotatable bonds is 0. The van der Waals surface area contributed by atoms with Crippen molar-refractivity contribution in [3.8, 4) is 0 Å². The van der Waals surface area contributed by atoms with E-state index < -0.39 is 11.9 Å². The van der Waals surface area contributed by atoms with Gasteiger partial charge in [0.25, 0.3) is 0 Å². The molecule has 1 heterocycles.